The highest BCUT2D eigenvalue weighted by molar-refractivity contribution is 6.31. The van der Waals surface area contributed by atoms with Crippen LogP contribution in [0, 0.1) is 11.6 Å². The highest BCUT2D eigenvalue weighted by Crippen LogP contribution is 2.26. The lowest BCUT2D eigenvalue weighted by atomic mass is 10.0. The number of nitrogens with one attached hydrogen (secondary N) is 1. The van der Waals surface area contributed by atoms with Gasteiger partial charge < -0.3 is 14.4 Å². The molecular formula is C27H30Cl2F2N4O4. The van der Waals surface area contributed by atoms with Crippen molar-refractivity contribution in [3.63, 3.8) is 0 Å². The van der Waals surface area contributed by atoms with E-state index in [9.17, 15) is 23.5 Å². The summed E-state index contributed by atoms with van der Waals surface area (Å²) in [6, 6.07) is 6.53. The lowest BCUT2D eigenvalue weighted by Gasteiger charge is -2.35. The highest BCUT2D eigenvalue weighted by Gasteiger charge is 2.25. The largest absolute Gasteiger partial charge is 0.491 e. The molecule has 39 heavy (non-hydrogen) atoms. The predicted molar refractivity (Wildman–Crippen MR) is 147 cm³/mol. The van der Waals surface area contributed by atoms with Crippen LogP contribution in [-0.2, 0) is 5.54 Å². The molecule has 0 aliphatic carbocycles. The number of hydrazine groups is 1. The zero-order valence-electron chi connectivity index (χ0n) is 21.8. The van der Waals surface area contributed by atoms with E-state index in [-0.39, 0.29) is 33.4 Å². The smallest absolute Gasteiger partial charge is 0.271 e. The molecule has 1 aromatic heterocycles. The van der Waals surface area contributed by atoms with E-state index in [0.29, 0.717) is 38.2 Å². The standard InChI is InChI=1S/C27H30Cl2F2N4O4/c1-27(2,3)35-14-19(25(37)18-11-23(31)21(29)12-24(18)35)26(38)32-34-8-6-33(7-9-34)13-16(36)15-39-17-4-5-20(28)22(30)10-17/h4-5,10-12,14,16,36H,6-9,13,15H2,1-3H3,(H,32,38)/t16-/m1/s1. The first-order valence-corrected chi connectivity index (χ1v) is 13.2. The number of benzene rings is 2. The van der Waals surface area contributed by atoms with E-state index in [1.54, 1.807) is 9.58 Å². The number of nitrogens with zero attached hydrogens (tertiary/aromatic N) is 3. The molecule has 2 aromatic carbocycles. The van der Waals surface area contributed by atoms with Crippen LogP contribution >= 0.6 is 23.2 Å². The molecule has 0 bridgehead atoms. The number of fused-ring (bicyclic) bond motifs is 1. The number of β-amino-alcohol motifs (C(OH)–C–C–N with tert-alkyl or cyclic N) is 1. The van der Waals surface area contributed by atoms with E-state index in [2.05, 4.69) is 5.43 Å². The molecule has 3 aromatic rings. The molecule has 12 heteroatoms. The van der Waals surface area contributed by atoms with Crippen molar-refractivity contribution in [3.8, 4) is 5.75 Å². The van der Waals surface area contributed by atoms with Crippen LogP contribution in [0.3, 0.4) is 0 Å². The van der Waals surface area contributed by atoms with Gasteiger partial charge in [0.05, 0.1) is 15.6 Å². The molecule has 2 N–H and O–H groups in total. The van der Waals surface area contributed by atoms with Crippen LogP contribution in [-0.4, -0.2) is 70.9 Å². The van der Waals surface area contributed by atoms with Gasteiger partial charge in [-0.2, -0.15) is 0 Å². The van der Waals surface area contributed by atoms with Gasteiger partial charge in [0.15, 0.2) is 0 Å². The molecule has 2 heterocycles. The van der Waals surface area contributed by atoms with Gasteiger partial charge in [-0.1, -0.05) is 23.2 Å². The Morgan fingerprint density at radius 1 is 1.08 bits per heavy atom. The highest BCUT2D eigenvalue weighted by atomic mass is 35.5. The fourth-order valence-corrected chi connectivity index (χ4v) is 4.67. The van der Waals surface area contributed by atoms with Gasteiger partial charge in [0, 0.05) is 55.9 Å². The third-order valence-electron chi connectivity index (χ3n) is 6.45. The Morgan fingerprint density at radius 3 is 2.38 bits per heavy atom. The van der Waals surface area contributed by atoms with E-state index < -0.39 is 34.6 Å². The van der Waals surface area contributed by atoms with Gasteiger partial charge >= 0.3 is 0 Å². The quantitative estimate of drug-likeness (QED) is 0.437. The van der Waals surface area contributed by atoms with Crippen molar-refractivity contribution in [2.75, 3.05) is 39.3 Å². The van der Waals surface area contributed by atoms with Gasteiger partial charge in [-0.05, 0) is 45.0 Å². The summed E-state index contributed by atoms with van der Waals surface area (Å²) in [7, 11) is 0. The monoisotopic (exact) mass is 582 g/mol. The fourth-order valence-electron chi connectivity index (χ4n) is 4.39. The Hall–Kier alpha value is -2.76. The number of carbonyl (C=O) groups is 1. The Kier molecular flexibility index (Phi) is 8.82. The Bertz CT molecular complexity index is 1440. The minimum Gasteiger partial charge on any atom is -0.491 e. The number of pyridine rings is 1. The van der Waals surface area contributed by atoms with Gasteiger partial charge in [0.25, 0.3) is 5.91 Å². The van der Waals surface area contributed by atoms with Crippen molar-refractivity contribution < 1.29 is 23.4 Å². The second-order valence-corrected chi connectivity index (χ2v) is 11.3. The number of rotatable bonds is 7. The maximum atomic E-state index is 14.2. The van der Waals surface area contributed by atoms with E-state index >= 15 is 0 Å². The van der Waals surface area contributed by atoms with Gasteiger partial charge in [0.1, 0.15) is 35.7 Å². The van der Waals surface area contributed by atoms with Crippen LogP contribution in [0.1, 0.15) is 31.1 Å². The summed E-state index contributed by atoms with van der Waals surface area (Å²) in [4.78, 5) is 28.3. The van der Waals surface area contributed by atoms with E-state index in [4.69, 9.17) is 27.9 Å². The first-order chi connectivity index (χ1) is 18.3. The Balaban J connectivity index is 1.37. The maximum Gasteiger partial charge on any atom is 0.271 e. The third kappa shape index (κ3) is 6.88. The van der Waals surface area contributed by atoms with E-state index in [1.165, 1.54) is 24.4 Å². The molecule has 210 valence electrons. The summed E-state index contributed by atoms with van der Waals surface area (Å²) in [6.45, 7) is 8.01. The van der Waals surface area contributed by atoms with Crippen molar-refractivity contribution in [2.24, 2.45) is 0 Å². The second-order valence-electron chi connectivity index (χ2n) is 10.5. The average Bonchev–Trinajstić information content (AvgIpc) is 2.86. The van der Waals surface area contributed by atoms with Crippen molar-refractivity contribution in [1.82, 2.24) is 19.9 Å². The van der Waals surface area contributed by atoms with Crippen LogP contribution < -0.4 is 15.6 Å². The number of hydrogen-bond donors (Lipinski definition) is 2. The van der Waals surface area contributed by atoms with Crippen LogP contribution in [0.2, 0.25) is 10.0 Å². The number of aliphatic hydroxyl groups is 1. The van der Waals surface area contributed by atoms with Crippen molar-refractivity contribution in [2.45, 2.75) is 32.4 Å². The molecule has 1 aliphatic heterocycles. The number of hydrogen-bond acceptors (Lipinski definition) is 6. The number of ether oxygens (including phenoxy) is 1. The zero-order chi connectivity index (χ0) is 28.5. The van der Waals surface area contributed by atoms with Crippen LogP contribution in [0.5, 0.6) is 5.75 Å². The molecule has 1 saturated heterocycles. The predicted octanol–water partition coefficient (Wildman–Crippen LogP) is 4.04. The molecule has 0 unspecified atom stereocenters. The molecular weight excluding hydrogens is 553 g/mol. The first kappa shape index (κ1) is 29.2. The molecule has 1 amide bonds. The summed E-state index contributed by atoms with van der Waals surface area (Å²) in [5.74, 6) is -1.65. The number of aliphatic hydroxyl groups excluding tert-OH is 1. The van der Waals surface area contributed by atoms with Gasteiger partial charge in [-0.3, -0.25) is 19.9 Å². The average molecular weight is 583 g/mol. The summed E-state index contributed by atoms with van der Waals surface area (Å²) in [5, 5.41) is 12.0. The van der Waals surface area contributed by atoms with Gasteiger partial charge in [-0.15, -0.1) is 0 Å². The molecule has 4 rings (SSSR count). The van der Waals surface area contributed by atoms with Crippen molar-refractivity contribution in [3.05, 3.63) is 74.0 Å². The lowest BCUT2D eigenvalue weighted by molar-refractivity contribution is 0.0316. The number of piperazine rings is 1. The number of amides is 1. The van der Waals surface area contributed by atoms with Gasteiger partial charge in [0.2, 0.25) is 5.43 Å². The normalized spacial score (nSPS) is 15.9. The molecule has 1 fully saturated rings. The molecule has 8 nitrogen and oxygen atoms in total. The number of carbonyl (C=O) groups excluding carboxylic acids is 1. The van der Waals surface area contributed by atoms with Crippen molar-refractivity contribution in [1.29, 1.82) is 0 Å². The first-order valence-electron chi connectivity index (χ1n) is 12.4. The number of halogens is 4. The molecule has 0 saturated carbocycles. The van der Waals surface area contributed by atoms with Gasteiger partial charge in [-0.25, -0.2) is 13.8 Å². The molecule has 0 radical (unpaired) electrons. The Labute approximate surface area is 234 Å². The summed E-state index contributed by atoms with van der Waals surface area (Å²) < 4.78 is 35.0. The minimum atomic E-state index is -0.813. The van der Waals surface area contributed by atoms with Crippen LogP contribution in [0.4, 0.5) is 8.78 Å². The lowest BCUT2D eigenvalue weighted by Crippen LogP contribution is -2.55. The summed E-state index contributed by atoms with van der Waals surface area (Å²) in [5.41, 5.74) is 2.01. The minimum absolute atomic E-state index is 0.00726. The molecule has 0 spiro atoms. The Morgan fingerprint density at radius 2 is 1.74 bits per heavy atom. The SMILES string of the molecule is CC(C)(C)n1cc(C(=O)NN2CCN(C[C@@H](O)COc3ccc(Cl)c(F)c3)CC2)c(=O)c2cc(F)c(Cl)cc21. The fraction of sp³-hybridized carbons (Fsp3) is 0.407. The second kappa shape index (κ2) is 11.8. The van der Waals surface area contributed by atoms with Crippen molar-refractivity contribution >= 4 is 40.0 Å². The van der Waals surface area contributed by atoms with E-state index in [1.807, 2.05) is 25.7 Å². The summed E-state index contributed by atoms with van der Waals surface area (Å²) in [6.07, 6.45) is 0.667. The summed E-state index contributed by atoms with van der Waals surface area (Å²) >= 11 is 11.6. The van der Waals surface area contributed by atoms with Crippen LogP contribution in [0.15, 0.2) is 41.3 Å². The van der Waals surface area contributed by atoms with Crippen LogP contribution in [0.25, 0.3) is 10.9 Å². The third-order valence-corrected chi connectivity index (χ3v) is 7.04. The maximum absolute atomic E-state index is 14.2. The topological polar surface area (TPSA) is 87.0 Å². The number of aromatic nitrogens is 1. The molecule has 1 aliphatic rings. The molecule has 1 atom stereocenters. The van der Waals surface area contributed by atoms with E-state index in [0.717, 1.165) is 12.1 Å². The zero-order valence-corrected chi connectivity index (χ0v) is 23.3.